The van der Waals surface area contributed by atoms with Crippen LogP contribution in [0.25, 0.3) is 0 Å². The van der Waals surface area contributed by atoms with Gasteiger partial charge < -0.3 is 5.11 Å². The number of carbonyl (C=O) groups is 1. The van der Waals surface area contributed by atoms with E-state index in [4.69, 9.17) is 5.11 Å². The first-order chi connectivity index (χ1) is 11.2. The minimum atomic E-state index is -0.681. The van der Waals surface area contributed by atoms with Crippen LogP contribution in [0, 0.1) is 5.92 Å². The van der Waals surface area contributed by atoms with Crippen molar-refractivity contribution in [3.05, 3.63) is 12.2 Å². The van der Waals surface area contributed by atoms with Crippen LogP contribution in [0.2, 0.25) is 0 Å². The summed E-state index contributed by atoms with van der Waals surface area (Å²) in [5, 5.41) is 8.78. The van der Waals surface area contributed by atoms with Crippen LogP contribution < -0.4 is 0 Å². The second-order valence-electron chi connectivity index (χ2n) is 6.97. The first-order valence-corrected chi connectivity index (χ1v) is 10.1. The largest absolute Gasteiger partial charge is 0.481 e. The molecule has 2 heteroatoms. The zero-order chi connectivity index (χ0) is 17.2. The van der Waals surface area contributed by atoms with Gasteiger partial charge >= 0.3 is 5.97 Å². The van der Waals surface area contributed by atoms with Crippen LogP contribution >= 0.6 is 0 Å². The Morgan fingerprint density at radius 3 is 1.70 bits per heavy atom. The first kappa shape index (κ1) is 22.2. The second-order valence-corrected chi connectivity index (χ2v) is 6.97. The van der Waals surface area contributed by atoms with E-state index in [1.807, 2.05) is 0 Å². The molecule has 1 unspecified atom stereocenters. The van der Waals surface area contributed by atoms with E-state index >= 15 is 0 Å². The molecule has 0 bridgehead atoms. The molecular formula is C21H40O2. The summed E-state index contributed by atoms with van der Waals surface area (Å²) in [6, 6.07) is 0. The van der Waals surface area contributed by atoms with Crippen LogP contribution in [0.5, 0.6) is 0 Å². The van der Waals surface area contributed by atoms with Gasteiger partial charge in [-0.25, -0.2) is 0 Å². The summed E-state index contributed by atoms with van der Waals surface area (Å²) in [6.07, 6.45) is 23.9. The van der Waals surface area contributed by atoms with Crippen molar-refractivity contribution in [3.63, 3.8) is 0 Å². The van der Waals surface area contributed by atoms with Gasteiger partial charge in [-0.15, -0.1) is 0 Å². The fraction of sp³-hybridized carbons (Fsp3) is 0.857. The molecule has 1 atom stereocenters. The Bertz CT molecular complexity index is 284. The molecule has 0 heterocycles. The van der Waals surface area contributed by atoms with Gasteiger partial charge in [0.1, 0.15) is 0 Å². The Kier molecular flexibility index (Phi) is 17.0. The predicted molar refractivity (Wildman–Crippen MR) is 101 cm³/mol. The van der Waals surface area contributed by atoms with Crippen LogP contribution in [0.1, 0.15) is 110 Å². The van der Waals surface area contributed by atoms with Crippen molar-refractivity contribution in [3.8, 4) is 0 Å². The van der Waals surface area contributed by atoms with Gasteiger partial charge in [0.2, 0.25) is 0 Å². The summed E-state index contributed by atoms with van der Waals surface area (Å²) in [5.41, 5.74) is 0. The molecule has 0 aliphatic carbocycles. The summed E-state index contributed by atoms with van der Waals surface area (Å²) in [6.45, 7) is 4.05. The quantitative estimate of drug-likeness (QED) is 0.228. The number of aliphatic carboxylic acids is 1. The molecule has 23 heavy (non-hydrogen) atoms. The highest BCUT2D eigenvalue weighted by Crippen LogP contribution is 2.13. The molecule has 0 aliphatic rings. The van der Waals surface area contributed by atoms with Crippen molar-refractivity contribution >= 4 is 5.97 Å². The van der Waals surface area contributed by atoms with Crippen molar-refractivity contribution in [2.45, 2.75) is 110 Å². The molecule has 1 N–H and O–H groups in total. The second kappa shape index (κ2) is 17.6. The highest BCUT2D eigenvalue weighted by Gasteiger charge is 2.08. The van der Waals surface area contributed by atoms with E-state index in [9.17, 15) is 4.79 Å². The average Bonchev–Trinajstić information content (AvgIpc) is 2.54. The molecule has 0 radical (unpaired) electrons. The molecule has 0 fully saturated rings. The van der Waals surface area contributed by atoms with Crippen molar-refractivity contribution in [2.75, 3.05) is 0 Å². The summed E-state index contributed by atoms with van der Waals surface area (Å²) in [7, 11) is 0. The number of rotatable bonds is 17. The van der Waals surface area contributed by atoms with Crippen LogP contribution in [0.4, 0.5) is 0 Å². The van der Waals surface area contributed by atoms with E-state index in [2.05, 4.69) is 19.1 Å². The van der Waals surface area contributed by atoms with Crippen molar-refractivity contribution in [1.29, 1.82) is 0 Å². The first-order valence-electron chi connectivity index (χ1n) is 10.1. The van der Waals surface area contributed by atoms with E-state index in [0.29, 0.717) is 0 Å². The standard InChI is InChI=1S/C21H40O2/c1-3-4-5-6-7-8-9-10-11-12-13-14-15-16-17-18-19-20(2)21(22)23/h16-17,20H,3-15,18-19H2,1-2H3,(H,22,23). The number of allylic oxidation sites excluding steroid dienone is 2. The minimum Gasteiger partial charge on any atom is -0.481 e. The monoisotopic (exact) mass is 324 g/mol. The van der Waals surface area contributed by atoms with Gasteiger partial charge in [0, 0.05) is 0 Å². The molecule has 0 aromatic heterocycles. The zero-order valence-corrected chi connectivity index (χ0v) is 15.7. The fourth-order valence-corrected chi connectivity index (χ4v) is 2.81. The lowest BCUT2D eigenvalue weighted by molar-refractivity contribution is -0.141. The van der Waals surface area contributed by atoms with Gasteiger partial charge in [-0.2, -0.15) is 0 Å². The van der Waals surface area contributed by atoms with Gasteiger partial charge in [0.05, 0.1) is 5.92 Å². The lowest BCUT2D eigenvalue weighted by atomic mass is 10.0. The highest BCUT2D eigenvalue weighted by molar-refractivity contribution is 5.69. The van der Waals surface area contributed by atoms with E-state index in [0.717, 1.165) is 19.3 Å². The van der Waals surface area contributed by atoms with Gasteiger partial charge in [0.15, 0.2) is 0 Å². The van der Waals surface area contributed by atoms with Crippen LogP contribution in [-0.4, -0.2) is 11.1 Å². The van der Waals surface area contributed by atoms with Gasteiger partial charge in [-0.05, 0) is 25.7 Å². The SMILES string of the molecule is CCCCCCCCCCCCCCC=CCCC(C)C(=O)O. The Balaban J connectivity index is 3.14. The number of unbranched alkanes of at least 4 members (excludes halogenated alkanes) is 12. The van der Waals surface area contributed by atoms with E-state index in [-0.39, 0.29) is 5.92 Å². The molecule has 0 saturated carbocycles. The molecule has 0 amide bonds. The third kappa shape index (κ3) is 17.4. The van der Waals surface area contributed by atoms with Crippen LogP contribution in [0.3, 0.4) is 0 Å². The number of carboxylic acid groups (broad SMARTS) is 1. The van der Waals surface area contributed by atoms with Gasteiger partial charge in [0.25, 0.3) is 0 Å². The third-order valence-corrected chi connectivity index (χ3v) is 4.58. The van der Waals surface area contributed by atoms with E-state index in [1.165, 1.54) is 77.0 Å². The van der Waals surface area contributed by atoms with Crippen LogP contribution in [-0.2, 0) is 4.79 Å². The highest BCUT2D eigenvalue weighted by atomic mass is 16.4. The maximum Gasteiger partial charge on any atom is 0.306 e. The Morgan fingerprint density at radius 1 is 0.783 bits per heavy atom. The summed E-state index contributed by atoms with van der Waals surface area (Å²) < 4.78 is 0. The molecule has 136 valence electrons. The number of hydrogen-bond donors (Lipinski definition) is 1. The maximum atomic E-state index is 10.7. The summed E-state index contributed by atoms with van der Waals surface area (Å²) >= 11 is 0. The smallest absolute Gasteiger partial charge is 0.306 e. The van der Waals surface area contributed by atoms with Crippen molar-refractivity contribution in [2.24, 2.45) is 5.92 Å². The maximum absolute atomic E-state index is 10.7. The normalized spacial score (nSPS) is 12.8. The molecule has 0 saturated heterocycles. The minimum absolute atomic E-state index is 0.216. The number of carboxylic acids is 1. The summed E-state index contributed by atoms with van der Waals surface area (Å²) in [5.74, 6) is -0.898. The fourth-order valence-electron chi connectivity index (χ4n) is 2.81. The van der Waals surface area contributed by atoms with E-state index in [1.54, 1.807) is 6.92 Å². The lowest BCUT2D eigenvalue weighted by Crippen LogP contribution is -2.08. The molecule has 0 aromatic rings. The Morgan fingerprint density at radius 2 is 1.22 bits per heavy atom. The molecule has 0 aromatic carbocycles. The zero-order valence-electron chi connectivity index (χ0n) is 15.7. The van der Waals surface area contributed by atoms with Gasteiger partial charge in [-0.1, -0.05) is 96.6 Å². The van der Waals surface area contributed by atoms with Crippen molar-refractivity contribution < 1.29 is 9.90 Å². The third-order valence-electron chi connectivity index (χ3n) is 4.58. The molecule has 0 spiro atoms. The van der Waals surface area contributed by atoms with Crippen LogP contribution in [0.15, 0.2) is 12.2 Å². The topological polar surface area (TPSA) is 37.3 Å². The lowest BCUT2D eigenvalue weighted by Gasteiger charge is -2.02. The molecule has 2 nitrogen and oxygen atoms in total. The Labute approximate surface area is 144 Å². The Hall–Kier alpha value is -0.790. The predicted octanol–water partition coefficient (Wildman–Crippen LogP) is 7.13. The van der Waals surface area contributed by atoms with E-state index < -0.39 is 5.97 Å². The molecular weight excluding hydrogens is 284 g/mol. The van der Waals surface area contributed by atoms with Crippen molar-refractivity contribution in [1.82, 2.24) is 0 Å². The number of hydrogen-bond acceptors (Lipinski definition) is 1. The average molecular weight is 325 g/mol. The van der Waals surface area contributed by atoms with Gasteiger partial charge in [-0.3, -0.25) is 4.79 Å². The molecule has 0 rings (SSSR count). The molecule has 0 aliphatic heterocycles. The summed E-state index contributed by atoms with van der Waals surface area (Å²) in [4.78, 5) is 10.7.